The Bertz CT molecular complexity index is 1140. The van der Waals surface area contributed by atoms with Gasteiger partial charge in [-0.05, 0) is 61.3 Å². The Morgan fingerprint density at radius 1 is 1.00 bits per heavy atom. The number of nitrogens with one attached hydrogen (secondary N) is 1. The number of rotatable bonds is 6. The average Bonchev–Trinajstić information content (AvgIpc) is 2.83. The number of piperazine rings is 1. The van der Waals surface area contributed by atoms with Crippen LogP contribution in [0.3, 0.4) is 0 Å². The minimum Gasteiger partial charge on any atom is -0.348 e. The fraction of sp³-hybridized carbons (Fsp3) is 0.296. The van der Waals surface area contributed by atoms with Gasteiger partial charge in [-0.3, -0.25) is 19.5 Å². The first-order valence-corrected chi connectivity index (χ1v) is 11.4. The van der Waals surface area contributed by atoms with Crippen molar-refractivity contribution in [2.75, 3.05) is 31.1 Å². The van der Waals surface area contributed by atoms with Gasteiger partial charge in [-0.1, -0.05) is 42.8 Å². The number of aryl methyl sites for hydroxylation is 2. The van der Waals surface area contributed by atoms with Gasteiger partial charge in [-0.15, -0.1) is 0 Å². The molecular weight excluding hydrogens is 412 g/mol. The molecule has 2 heterocycles. The fourth-order valence-electron chi connectivity index (χ4n) is 3.96. The highest BCUT2D eigenvalue weighted by atomic mass is 16.2. The zero-order valence-corrected chi connectivity index (χ0v) is 19.5. The lowest BCUT2D eigenvalue weighted by molar-refractivity contribution is -0.121. The monoisotopic (exact) mass is 442 g/mol. The van der Waals surface area contributed by atoms with Gasteiger partial charge in [0, 0.05) is 42.8 Å². The van der Waals surface area contributed by atoms with E-state index in [1.54, 1.807) is 11.1 Å². The Morgan fingerprint density at radius 3 is 2.45 bits per heavy atom. The molecule has 0 aliphatic carbocycles. The molecule has 1 fully saturated rings. The summed E-state index contributed by atoms with van der Waals surface area (Å²) in [5.74, 6) is -0.119. The van der Waals surface area contributed by atoms with E-state index < -0.39 is 0 Å². The zero-order chi connectivity index (χ0) is 23.4. The number of carbonyl (C=O) groups excluding carboxylic acids is 2. The third-order valence-corrected chi connectivity index (χ3v) is 6.05. The SMILES string of the molecule is CCN1CCN(c2cc(C(=O)NCc3ccc(C)nc3)cc(-c3ccc(C)cc3)c2)C(=O)C1. The molecule has 1 N–H and O–H groups in total. The van der Waals surface area contributed by atoms with Crippen LogP contribution in [-0.4, -0.2) is 47.9 Å². The van der Waals surface area contributed by atoms with Crippen molar-refractivity contribution in [1.29, 1.82) is 0 Å². The molecule has 2 aromatic carbocycles. The van der Waals surface area contributed by atoms with Crippen LogP contribution in [-0.2, 0) is 11.3 Å². The van der Waals surface area contributed by atoms with E-state index in [0.717, 1.165) is 41.2 Å². The second-order valence-corrected chi connectivity index (χ2v) is 8.54. The molecule has 0 radical (unpaired) electrons. The Balaban J connectivity index is 1.63. The summed E-state index contributed by atoms with van der Waals surface area (Å²) in [5, 5.41) is 2.99. The lowest BCUT2D eigenvalue weighted by Gasteiger charge is -2.34. The van der Waals surface area contributed by atoms with Crippen LogP contribution in [0.1, 0.15) is 34.1 Å². The van der Waals surface area contributed by atoms with Gasteiger partial charge in [-0.25, -0.2) is 0 Å². The van der Waals surface area contributed by atoms with Crippen LogP contribution in [0, 0.1) is 13.8 Å². The Labute approximate surface area is 195 Å². The van der Waals surface area contributed by atoms with Gasteiger partial charge in [0.1, 0.15) is 0 Å². The molecule has 2 amide bonds. The highest BCUT2D eigenvalue weighted by molar-refractivity contribution is 6.00. The first kappa shape index (κ1) is 22.7. The quantitative estimate of drug-likeness (QED) is 0.628. The van der Waals surface area contributed by atoms with Crippen LogP contribution >= 0.6 is 0 Å². The molecule has 6 heteroatoms. The smallest absolute Gasteiger partial charge is 0.251 e. The molecule has 1 aliphatic heterocycles. The second-order valence-electron chi connectivity index (χ2n) is 8.54. The van der Waals surface area contributed by atoms with Gasteiger partial charge >= 0.3 is 0 Å². The molecule has 0 unspecified atom stereocenters. The molecule has 6 nitrogen and oxygen atoms in total. The molecule has 0 saturated carbocycles. The van der Waals surface area contributed by atoms with Crippen molar-refractivity contribution in [3.8, 4) is 11.1 Å². The number of carbonyl (C=O) groups is 2. The zero-order valence-electron chi connectivity index (χ0n) is 19.5. The third-order valence-electron chi connectivity index (χ3n) is 6.05. The predicted octanol–water partition coefficient (Wildman–Crippen LogP) is 3.96. The normalized spacial score (nSPS) is 14.4. The van der Waals surface area contributed by atoms with E-state index in [-0.39, 0.29) is 11.8 Å². The lowest BCUT2D eigenvalue weighted by atomic mass is 10.00. The fourth-order valence-corrected chi connectivity index (χ4v) is 3.96. The molecule has 0 atom stereocenters. The van der Waals surface area contributed by atoms with Crippen LogP contribution in [0.25, 0.3) is 11.1 Å². The van der Waals surface area contributed by atoms with E-state index in [2.05, 4.69) is 34.3 Å². The van der Waals surface area contributed by atoms with E-state index in [1.807, 2.05) is 56.3 Å². The minimum atomic E-state index is -0.176. The van der Waals surface area contributed by atoms with Gasteiger partial charge in [0.2, 0.25) is 5.91 Å². The molecule has 0 spiro atoms. The summed E-state index contributed by atoms with van der Waals surface area (Å²) in [5.41, 5.74) is 6.28. The molecule has 1 saturated heterocycles. The summed E-state index contributed by atoms with van der Waals surface area (Å²) in [4.78, 5) is 34.2. The first-order valence-electron chi connectivity index (χ1n) is 11.4. The number of hydrogen-bond acceptors (Lipinski definition) is 4. The molecule has 1 aliphatic rings. The number of likely N-dealkylation sites (N-methyl/N-ethyl adjacent to an activating group) is 1. The summed E-state index contributed by atoms with van der Waals surface area (Å²) in [6.45, 7) is 9.11. The number of nitrogens with zero attached hydrogens (tertiary/aromatic N) is 3. The van der Waals surface area contributed by atoms with Crippen molar-refractivity contribution in [3.05, 3.63) is 83.2 Å². The van der Waals surface area contributed by atoms with Gasteiger partial charge in [0.25, 0.3) is 5.91 Å². The van der Waals surface area contributed by atoms with E-state index in [0.29, 0.717) is 25.2 Å². The van der Waals surface area contributed by atoms with E-state index >= 15 is 0 Å². The summed E-state index contributed by atoms with van der Waals surface area (Å²) in [6, 6.07) is 17.8. The summed E-state index contributed by atoms with van der Waals surface area (Å²) >= 11 is 0. The maximum absolute atomic E-state index is 13.1. The van der Waals surface area contributed by atoms with Crippen molar-refractivity contribution in [3.63, 3.8) is 0 Å². The van der Waals surface area contributed by atoms with Gasteiger partial charge in [0.15, 0.2) is 0 Å². The molecule has 33 heavy (non-hydrogen) atoms. The molecule has 3 aromatic rings. The van der Waals surface area contributed by atoms with Gasteiger partial charge in [-0.2, -0.15) is 0 Å². The number of amides is 2. The number of anilines is 1. The second kappa shape index (κ2) is 9.96. The van der Waals surface area contributed by atoms with Crippen molar-refractivity contribution in [1.82, 2.24) is 15.2 Å². The standard InChI is InChI=1S/C27H30N4O2/c1-4-30-11-12-31(26(32)18-30)25-14-23(22-9-5-19(2)6-10-22)13-24(15-25)27(33)29-17-21-8-7-20(3)28-16-21/h5-10,13-16H,4,11-12,17-18H2,1-3H3,(H,29,33). The van der Waals surface area contributed by atoms with E-state index in [4.69, 9.17) is 0 Å². The molecular formula is C27H30N4O2. The molecule has 0 bridgehead atoms. The number of pyridine rings is 1. The summed E-state index contributed by atoms with van der Waals surface area (Å²) in [7, 11) is 0. The lowest BCUT2D eigenvalue weighted by Crippen LogP contribution is -2.50. The maximum atomic E-state index is 13.1. The van der Waals surface area contributed by atoms with Crippen LogP contribution < -0.4 is 10.2 Å². The van der Waals surface area contributed by atoms with Crippen LogP contribution in [0.2, 0.25) is 0 Å². The molecule has 170 valence electrons. The van der Waals surface area contributed by atoms with Crippen molar-refractivity contribution >= 4 is 17.5 Å². The highest BCUT2D eigenvalue weighted by Crippen LogP contribution is 2.28. The number of aromatic nitrogens is 1. The number of hydrogen-bond donors (Lipinski definition) is 1. The summed E-state index contributed by atoms with van der Waals surface area (Å²) < 4.78 is 0. The minimum absolute atomic E-state index is 0.0567. The van der Waals surface area contributed by atoms with Crippen molar-refractivity contribution < 1.29 is 9.59 Å². The van der Waals surface area contributed by atoms with Crippen LogP contribution in [0.4, 0.5) is 5.69 Å². The predicted molar refractivity (Wildman–Crippen MR) is 131 cm³/mol. The van der Waals surface area contributed by atoms with E-state index in [9.17, 15) is 9.59 Å². The van der Waals surface area contributed by atoms with Gasteiger partial charge in [0.05, 0.1) is 6.54 Å². The molecule has 4 rings (SSSR count). The van der Waals surface area contributed by atoms with Crippen LogP contribution in [0.5, 0.6) is 0 Å². The van der Waals surface area contributed by atoms with Crippen molar-refractivity contribution in [2.45, 2.75) is 27.3 Å². The topological polar surface area (TPSA) is 65.5 Å². The largest absolute Gasteiger partial charge is 0.348 e. The molecule has 1 aromatic heterocycles. The summed E-state index contributed by atoms with van der Waals surface area (Å²) in [6.07, 6.45) is 1.77. The average molecular weight is 443 g/mol. The Kier molecular flexibility index (Phi) is 6.84. The number of benzene rings is 2. The first-order chi connectivity index (χ1) is 15.9. The third kappa shape index (κ3) is 5.46. The maximum Gasteiger partial charge on any atom is 0.251 e. The Hall–Kier alpha value is -3.51. The Morgan fingerprint density at radius 2 is 1.79 bits per heavy atom. The van der Waals surface area contributed by atoms with Crippen molar-refractivity contribution in [2.24, 2.45) is 0 Å². The van der Waals surface area contributed by atoms with E-state index in [1.165, 1.54) is 5.56 Å². The van der Waals surface area contributed by atoms with Crippen LogP contribution in [0.15, 0.2) is 60.8 Å². The van der Waals surface area contributed by atoms with Gasteiger partial charge < -0.3 is 10.2 Å². The highest BCUT2D eigenvalue weighted by Gasteiger charge is 2.25.